The molecule has 1 aromatic heterocycles. The van der Waals surface area contributed by atoms with E-state index in [0.29, 0.717) is 0 Å². The van der Waals surface area contributed by atoms with Crippen LogP contribution in [0.15, 0.2) is 18.3 Å². The summed E-state index contributed by atoms with van der Waals surface area (Å²) in [4.78, 5) is 2.74. The van der Waals surface area contributed by atoms with Crippen molar-refractivity contribution in [3.63, 3.8) is 0 Å². The van der Waals surface area contributed by atoms with Gasteiger partial charge in [-0.2, -0.15) is 18.3 Å². The summed E-state index contributed by atoms with van der Waals surface area (Å²) in [6.07, 6.45) is 4.56. The number of nitrogens with one attached hydrogen (secondary N) is 1. The fourth-order valence-corrected chi connectivity index (χ4v) is 0.241. The van der Waals surface area contributed by atoms with E-state index in [1.807, 2.05) is 18.3 Å². The molecule has 0 saturated heterocycles. The van der Waals surface area contributed by atoms with Gasteiger partial charge in [0.2, 0.25) is 0 Å². The zero-order valence-corrected chi connectivity index (χ0v) is 4.82. The van der Waals surface area contributed by atoms with Crippen molar-refractivity contribution in [2.75, 3.05) is 0 Å². The summed E-state index contributed by atoms with van der Waals surface area (Å²) in [5, 5.41) is 0. The number of aromatic nitrogens is 1. The molecular formula is C4H6NRu. The quantitative estimate of drug-likeness (QED) is 0.441. The van der Waals surface area contributed by atoms with Crippen LogP contribution in [0.25, 0.3) is 0 Å². The molecule has 0 fully saturated rings. The Labute approximate surface area is 52.5 Å². The molecule has 0 unspecified atom stereocenters. The maximum absolute atomic E-state index is 2.74. The fourth-order valence-electron chi connectivity index (χ4n) is 0.241. The molecule has 0 spiro atoms. The molecule has 1 heterocycles. The van der Waals surface area contributed by atoms with E-state index in [1.165, 1.54) is 0 Å². The van der Waals surface area contributed by atoms with Crippen molar-refractivity contribution in [3.05, 3.63) is 24.5 Å². The van der Waals surface area contributed by atoms with Gasteiger partial charge in [0.15, 0.2) is 0 Å². The van der Waals surface area contributed by atoms with Gasteiger partial charge in [0.05, 0.1) is 0 Å². The summed E-state index contributed by atoms with van der Waals surface area (Å²) >= 11 is 0. The molecule has 0 aliphatic heterocycles. The smallest absolute Gasteiger partial charge is 1.00 e. The van der Waals surface area contributed by atoms with Crippen LogP contribution in [0.5, 0.6) is 0 Å². The van der Waals surface area contributed by atoms with Crippen molar-refractivity contribution >= 4 is 0 Å². The van der Waals surface area contributed by atoms with Gasteiger partial charge in [-0.25, -0.2) is 0 Å². The summed E-state index contributed by atoms with van der Waals surface area (Å²) < 4.78 is 0. The van der Waals surface area contributed by atoms with E-state index in [2.05, 4.69) is 11.2 Å². The third kappa shape index (κ3) is 1.37. The molecule has 1 nitrogen and oxygen atoms in total. The summed E-state index contributed by atoms with van der Waals surface area (Å²) in [5.41, 5.74) is 0. The Morgan fingerprint density at radius 1 is 1.67 bits per heavy atom. The SMILES string of the molecule is [H-].[H-].[Ru+3].[c-]1ccc[nH]1. The van der Waals surface area contributed by atoms with Crippen molar-refractivity contribution in [1.29, 1.82) is 0 Å². The summed E-state index contributed by atoms with van der Waals surface area (Å²) in [6, 6.07) is 3.71. The summed E-state index contributed by atoms with van der Waals surface area (Å²) in [5.74, 6) is 0. The molecule has 1 N–H and O–H groups in total. The van der Waals surface area contributed by atoms with Crippen LogP contribution in [0.4, 0.5) is 0 Å². The first-order valence-electron chi connectivity index (χ1n) is 1.49. The third-order valence-corrected chi connectivity index (χ3v) is 0.442. The van der Waals surface area contributed by atoms with Crippen molar-refractivity contribution < 1.29 is 22.3 Å². The van der Waals surface area contributed by atoms with Gasteiger partial charge >= 0.3 is 19.5 Å². The van der Waals surface area contributed by atoms with E-state index in [9.17, 15) is 0 Å². The van der Waals surface area contributed by atoms with Crippen LogP contribution in [0.3, 0.4) is 0 Å². The molecule has 0 saturated carbocycles. The molecule has 6 heavy (non-hydrogen) atoms. The number of rotatable bonds is 0. The van der Waals surface area contributed by atoms with Crippen LogP contribution in [-0.4, -0.2) is 4.98 Å². The van der Waals surface area contributed by atoms with Crippen LogP contribution in [0.2, 0.25) is 0 Å². The molecular weight excluding hydrogens is 163 g/mol. The molecule has 2 heteroatoms. The minimum atomic E-state index is 0. The number of hydrogen-bond donors (Lipinski definition) is 1. The molecule has 1 aromatic rings. The van der Waals surface area contributed by atoms with Gasteiger partial charge in [0, 0.05) is 0 Å². The first-order chi connectivity index (χ1) is 2.50. The predicted molar refractivity (Wildman–Crippen MR) is 21.9 cm³/mol. The van der Waals surface area contributed by atoms with E-state index >= 15 is 0 Å². The van der Waals surface area contributed by atoms with E-state index in [4.69, 9.17) is 0 Å². The summed E-state index contributed by atoms with van der Waals surface area (Å²) in [6.45, 7) is 0. The normalized spacial score (nSPS) is 6.67. The third-order valence-electron chi connectivity index (χ3n) is 0.442. The zero-order chi connectivity index (χ0) is 3.54. The molecule has 0 bridgehead atoms. The van der Waals surface area contributed by atoms with Crippen molar-refractivity contribution in [3.8, 4) is 0 Å². The van der Waals surface area contributed by atoms with Gasteiger partial charge in [0.1, 0.15) is 0 Å². The molecule has 0 aromatic carbocycles. The predicted octanol–water partition coefficient (Wildman–Crippen LogP) is 1.04. The second-order valence-electron chi connectivity index (χ2n) is 0.814. The second-order valence-corrected chi connectivity index (χ2v) is 0.814. The number of H-pyrrole nitrogens is 1. The van der Waals surface area contributed by atoms with Gasteiger partial charge in [-0.3, -0.25) is 0 Å². The van der Waals surface area contributed by atoms with Crippen molar-refractivity contribution in [1.82, 2.24) is 4.98 Å². The Hall–Kier alpha value is -0.0966. The minimum Gasteiger partial charge on any atom is -1.00 e. The van der Waals surface area contributed by atoms with Crippen LogP contribution < -0.4 is 0 Å². The van der Waals surface area contributed by atoms with Gasteiger partial charge in [-0.15, -0.1) is 6.20 Å². The van der Waals surface area contributed by atoms with E-state index in [1.54, 1.807) is 0 Å². The first-order valence-corrected chi connectivity index (χ1v) is 1.49. The molecule has 35 valence electrons. The van der Waals surface area contributed by atoms with Crippen LogP contribution in [0, 0.1) is 6.20 Å². The molecule has 0 atom stereocenters. The minimum absolute atomic E-state index is 0. The largest absolute Gasteiger partial charge is 3.00 e. The van der Waals surface area contributed by atoms with Crippen LogP contribution >= 0.6 is 0 Å². The topological polar surface area (TPSA) is 15.8 Å². The van der Waals surface area contributed by atoms with Gasteiger partial charge in [0.25, 0.3) is 0 Å². The monoisotopic (exact) mass is 170 g/mol. The van der Waals surface area contributed by atoms with Crippen LogP contribution in [0.1, 0.15) is 2.85 Å². The second kappa shape index (κ2) is 3.11. The van der Waals surface area contributed by atoms with E-state index in [0.717, 1.165) is 0 Å². The van der Waals surface area contributed by atoms with Gasteiger partial charge in [-0.05, 0) is 0 Å². The van der Waals surface area contributed by atoms with Gasteiger partial charge < -0.3 is 7.84 Å². The Morgan fingerprint density at radius 3 is 2.67 bits per heavy atom. The first kappa shape index (κ1) is 5.90. The molecule has 0 aliphatic rings. The standard InChI is InChI=1S/C4H4N.Ru.2H/c1-2-4-5-3-1;;;/h1-3,5H;;;/q-1;+3;2*-1. The maximum Gasteiger partial charge on any atom is 3.00 e. The van der Waals surface area contributed by atoms with E-state index in [-0.39, 0.29) is 22.3 Å². The maximum atomic E-state index is 2.74. The average molecular weight is 169 g/mol. The number of aromatic amines is 1. The van der Waals surface area contributed by atoms with Gasteiger partial charge in [-0.1, -0.05) is 0 Å². The van der Waals surface area contributed by atoms with Crippen LogP contribution in [-0.2, 0) is 19.5 Å². The Morgan fingerprint density at radius 2 is 2.50 bits per heavy atom. The Kier molecular flexibility index (Phi) is 3.06. The van der Waals surface area contributed by atoms with Crippen molar-refractivity contribution in [2.45, 2.75) is 0 Å². The van der Waals surface area contributed by atoms with Crippen molar-refractivity contribution in [2.24, 2.45) is 0 Å². The summed E-state index contributed by atoms with van der Waals surface area (Å²) in [7, 11) is 0. The fraction of sp³-hybridized carbons (Fsp3) is 0. The molecule has 0 aliphatic carbocycles. The molecule has 0 amide bonds. The molecule has 1 rings (SSSR count). The molecule has 1 radical (unpaired) electrons. The zero-order valence-electron chi connectivity index (χ0n) is 5.09. The van der Waals surface area contributed by atoms with E-state index < -0.39 is 0 Å². The average Bonchev–Trinajstić information content (AvgIpc) is 1.76. The number of hydrogen-bond acceptors (Lipinski definition) is 0. The Balaban J connectivity index is -0.0000000833. The Bertz CT molecular complexity index is 70.5.